The van der Waals surface area contributed by atoms with Gasteiger partial charge in [0.2, 0.25) is 0 Å². The molecule has 1 N–H and O–H groups in total. The van der Waals surface area contributed by atoms with Crippen molar-refractivity contribution in [2.45, 2.75) is 57.4 Å². The topological polar surface area (TPSA) is 112 Å². The highest BCUT2D eigenvalue weighted by atomic mass is 32.2. The number of aromatic nitrogens is 3. The molecule has 37 heavy (non-hydrogen) atoms. The molecule has 0 aliphatic carbocycles. The van der Waals surface area contributed by atoms with Crippen LogP contribution in [0.4, 0.5) is 8.78 Å². The molecule has 2 aliphatic heterocycles. The number of nitrogens with zero attached hydrogens (tertiary/aromatic N) is 3. The fourth-order valence-corrected chi connectivity index (χ4v) is 7.19. The molecular weight excluding hydrogens is 506 g/mol. The first-order chi connectivity index (χ1) is 17.3. The van der Waals surface area contributed by atoms with Crippen molar-refractivity contribution in [3.8, 4) is 17.0 Å². The number of benzene rings is 1. The van der Waals surface area contributed by atoms with E-state index in [1.807, 2.05) is 18.5 Å². The average molecular weight is 535 g/mol. The van der Waals surface area contributed by atoms with Crippen LogP contribution in [-0.2, 0) is 14.6 Å². The van der Waals surface area contributed by atoms with Gasteiger partial charge in [-0.15, -0.1) is 0 Å². The van der Waals surface area contributed by atoms with Crippen LogP contribution >= 0.6 is 0 Å². The Bertz CT molecular complexity index is 1460. The van der Waals surface area contributed by atoms with Crippen LogP contribution < -0.4 is 10.1 Å². The quantitative estimate of drug-likeness (QED) is 0.513. The molecule has 5 rings (SSSR count). The summed E-state index contributed by atoms with van der Waals surface area (Å²) in [6.45, 7) is 3.27. The first kappa shape index (κ1) is 25.5. The van der Waals surface area contributed by atoms with Crippen molar-refractivity contribution < 1.29 is 31.5 Å². The Morgan fingerprint density at radius 1 is 1.24 bits per heavy atom. The van der Waals surface area contributed by atoms with E-state index in [-0.39, 0.29) is 34.5 Å². The number of alkyl halides is 2. The standard InChI is InChI=1S/C25H28F2N4O5S/c1-24(2)11-17(7-8-35-24)31-19-10-16(22(32)29-25(3)13-37(33,34)14-25)12-28-21(19)20(30-31)15-5-4-6-18(9-15)36-23(26)27/h4-6,9-10,12,17,23H,7-8,11,13-14H2,1-3H3,(H,29,32)/t17-/m0/s1. The van der Waals surface area contributed by atoms with Gasteiger partial charge in [0.05, 0.1) is 39.8 Å². The number of ether oxygens (including phenoxy) is 2. The van der Waals surface area contributed by atoms with Crippen LogP contribution in [0, 0.1) is 0 Å². The van der Waals surface area contributed by atoms with Gasteiger partial charge in [0, 0.05) is 18.4 Å². The van der Waals surface area contributed by atoms with E-state index >= 15 is 0 Å². The highest BCUT2D eigenvalue weighted by Gasteiger charge is 2.46. The van der Waals surface area contributed by atoms with Gasteiger partial charge in [-0.2, -0.15) is 13.9 Å². The molecule has 1 amide bonds. The van der Waals surface area contributed by atoms with Crippen molar-refractivity contribution in [2.75, 3.05) is 18.1 Å². The molecule has 3 aromatic rings. The van der Waals surface area contributed by atoms with E-state index in [1.54, 1.807) is 25.1 Å². The fourth-order valence-electron chi connectivity index (χ4n) is 5.19. The molecular formula is C25H28F2N4O5S. The Balaban J connectivity index is 1.56. The Kier molecular flexibility index (Phi) is 6.22. The van der Waals surface area contributed by atoms with Crippen molar-refractivity contribution in [3.05, 3.63) is 42.1 Å². The molecule has 1 atom stereocenters. The first-order valence-corrected chi connectivity index (χ1v) is 13.8. The number of rotatable bonds is 6. The van der Waals surface area contributed by atoms with E-state index in [2.05, 4.69) is 15.0 Å². The Morgan fingerprint density at radius 2 is 2.00 bits per heavy atom. The third-order valence-corrected chi connectivity index (χ3v) is 8.80. The summed E-state index contributed by atoms with van der Waals surface area (Å²) in [5, 5.41) is 7.65. The summed E-state index contributed by atoms with van der Waals surface area (Å²) in [7, 11) is -3.14. The minimum atomic E-state index is -3.14. The van der Waals surface area contributed by atoms with Crippen molar-refractivity contribution >= 4 is 26.8 Å². The van der Waals surface area contributed by atoms with Gasteiger partial charge in [0.25, 0.3) is 5.91 Å². The molecule has 9 nitrogen and oxygen atoms in total. The maximum Gasteiger partial charge on any atom is 0.387 e. The predicted octanol–water partition coefficient (Wildman–Crippen LogP) is 3.75. The van der Waals surface area contributed by atoms with Crippen molar-refractivity contribution in [1.29, 1.82) is 0 Å². The molecule has 2 aromatic heterocycles. The molecule has 4 heterocycles. The molecule has 0 radical (unpaired) electrons. The molecule has 0 spiro atoms. The van der Waals surface area contributed by atoms with Crippen LogP contribution in [0.25, 0.3) is 22.3 Å². The van der Waals surface area contributed by atoms with E-state index in [0.29, 0.717) is 41.7 Å². The SMILES string of the molecule is CC1(NC(=O)c2cnc3c(-c4cccc(OC(F)F)c4)nn([C@H]4CCOC(C)(C)C4)c3c2)CS(=O)(=O)C1. The second-order valence-electron chi connectivity index (χ2n) is 10.6. The Morgan fingerprint density at radius 3 is 2.68 bits per heavy atom. The van der Waals surface area contributed by atoms with Gasteiger partial charge in [0.15, 0.2) is 9.84 Å². The number of fused-ring (bicyclic) bond motifs is 1. The van der Waals surface area contributed by atoms with Crippen LogP contribution in [0.2, 0.25) is 0 Å². The van der Waals surface area contributed by atoms with Crippen LogP contribution in [0.15, 0.2) is 36.5 Å². The van der Waals surface area contributed by atoms with Gasteiger partial charge in [-0.3, -0.25) is 14.5 Å². The highest BCUT2D eigenvalue weighted by molar-refractivity contribution is 7.93. The third kappa shape index (κ3) is 5.30. The lowest BCUT2D eigenvalue weighted by molar-refractivity contribution is -0.0701. The van der Waals surface area contributed by atoms with Crippen molar-refractivity contribution in [3.63, 3.8) is 0 Å². The maximum atomic E-state index is 13.0. The van der Waals surface area contributed by atoms with E-state index in [9.17, 15) is 22.0 Å². The number of carbonyl (C=O) groups is 1. The second kappa shape index (κ2) is 9.02. The minimum absolute atomic E-state index is 0.00194. The van der Waals surface area contributed by atoms with Gasteiger partial charge in [-0.25, -0.2) is 8.42 Å². The fraction of sp³-hybridized carbons (Fsp3) is 0.480. The van der Waals surface area contributed by atoms with Crippen LogP contribution in [-0.4, -0.2) is 65.0 Å². The van der Waals surface area contributed by atoms with E-state index in [0.717, 1.165) is 0 Å². The lowest BCUT2D eigenvalue weighted by Crippen LogP contribution is -2.63. The van der Waals surface area contributed by atoms with Gasteiger partial charge in [0.1, 0.15) is 17.0 Å². The monoisotopic (exact) mass is 534 g/mol. The summed E-state index contributed by atoms with van der Waals surface area (Å²) in [5.74, 6) is -0.655. The molecule has 0 bridgehead atoms. The smallest absolute Gasteiger partial charge is 0.387 e. The van der Waals surface area contributed by atoms with Crippen molar-refractivity contribution in [1.82, 2.24) is 20.1 Å². The summed E-state index contributed by atoms with van der Waals surface area (Å²) in [6, 6.07) is 7.89. The van der Waals surface area contributed by atoms with Crippen LogP contribution in [0.1, 0.15) is 50.0 Å². The number of amides is 1. The minimum Gasteiger partial charge on any atom is -0.435 e. The predicted molar refractivity (Wildman–Crippen MR) is 132 cm³/mol. The number of nitrogens with one attached hydrogen (secondary N) is 1. The zero-order valence-electron chi connectivity index (χ0n) is 20.7. The maximum absolute atomic E-state index is 13.0. The molecule has 2 aliphatic rings. The average Bonchev–Trinajstić information content (AvgIpc) is 3.15. The first-order valence-electron chi connectivity index (χ1n) is 11.9. The second-order valence-corrected chi connectivity index (χ2v) is 12.7. The number of carbonyl (C=O) groups excluding carboxylic acids is 1. The number of hydrogen-bond acceptors (Lipinski definition) is 7. The Labute approximate surface area is 213 Å². The summed E-state index contributed by atoms with van der Waals surface area (Å²) in [5.41, 5.74) is 1.20. The van der Waals surface area contributed by atoms with Gasteiger partial charge < -0.3 is 14.8 Å². The van der Waals surface area contributed by atoms with E-state index in [4.69, 9.17) is 9.84 Å². The third-order valence-electron chi connectivity index (χ3n) is 6.65. The molecule has 0 unspecified atom stereocenters. The van der Waals surface area contributed by atoms with Gasteiger partial charge in [-0.1, -0.05) is 12.1 Å². The largest absolute Gasteiger partial charge is 0.435 e. The van der Waals surface area contributed by atoms with Crippen LogP contribution in [0.3, 0.4) is 0 Å². The highest BCUT2D eigenvalue weighted by Crippen LogP contribution is 2.37. The summed E-state index contributed by atoms with van der Waals surface area (Å²) >= 11 is 0. The Hall–Kier alpha value is -3.12. The molecule has 2 fully saturated rings. The summed E-state index contributed by atoms with van der Waals surface area (Å²) < 4.78 is 61.2. The number of hydrogen-bond donors (Lipinski definition) is 1. The lowest BCUT2D eigenvalue weighted by atomic mass is 9.94. The summed E-state index contributed by atoms with van der Waals surface area (Å²) in [4.78, 5) is 17.6. The van der Waals surface area contributed by atoms with Crippen LogP contribution in [0.5, 0.6) is 5.75 Å². The molecule has 0 saturated carbocycles. The zero-order chi connectivity index (χ0) is 26.6. The van der Waals surface area contributed by atoms with E-state index in [1.165, 1.54) is 18.3 Å². The number of sulfone groups is 1. The summed E-state index contributed by atoms with van der Waals surface area (Å²) in [6.07, 6.45) is 2.78. The van der Waals surface area contributed by atoms with Gasteiger partial charge in [-0.05, 0) is 51.8 Å². The van der Waals surface area contributed by atoms with Crippen molar-refractivity contribution in [2.24, 2.45) is 0 Å². The number of pyridine rings is 1. The molecule has 1 aromatic carbocycles. The molecule has 198 valence electrons. The normalized spacial score (nSPS) is 21.9. The van der Waals surface area contributed by atoms with Gasteiger partial charge >= 0.3 is 6.61 Å². The van der Waals surface area contributed by atoms with E-state index < -0.39 is 27.9 Å². The lowest BCUT2D eigenvalue weighted by Gasteiger charge is -2.38. The molecule has 12 heteroatoms. The zero-order valence-corrected chi connectivity index (χ0v) is 21.5. The molecule has 2 saturated heterocycles. The number of halogens is 2.